The summed E-state index contributed by atoms with van der Waals surface area (Å²) in [7, 11) is 1.71. The summed E-state index contributed by atoms with van der Waals surface area (Å²) in [5.74, 6) is -0.00148. The number of nitrogens with one attached hydrogen (secondary N) is 1. The molecule has 2 heterocycles. The zero-order valence-electron chi connectivity index (χ0n) is 12.1. The minimum Gasteiger partial charge on any atom is -0.506 e. The van der Waals surface area contributed by atoms with Crippen molar-refractivity contribution in [3.8, 4) is 5.75 Å². The molecule has 0 amide bonds. The molecule has 2 aromatic rings. The summed E-state index contributed by atoms with van der Waals surface area (Å²) in [5.41, 5.74) is 2.19. The summed E-state index contributed by atoms with van der Waals surface area (Å²) in [6, 6.07) is 7.31. The zero-order valence-corrected chi connectivity index (χ0v) is 12.1. The van der Waals surface area contributed by atoms with E-state index in [1.165, 1.54) is 0 Å². The number of hydrogen-bond acceptors (Lipinski definition) is 4. The first-order valence-electron chi connectivity index (χ1n) is 6.87. The number of allylic oxidation sites excluding steroid dienone is 2. The third-order valence-corrected chi connectivity index (χ3v) is 3.68. The number of pyridine rings is 1. The fourth-order valence-corrected chi connectivity index (χ4v) is 2.59. The molecule has 3 rings (SSSR count). The van der Waals surface area contributed by atoms with Gasteiger partial charge in [-0.15, -0.1) is 0 Å². The van der Waals surface area contributed by atoms with Crippen LogP contribution < -0.4 is 10.9 Å². The smallest absolute Gasteiger partial charge is 0.264 e. The molecule has 0 saturated heterocycles. The van der Waals surface area contributed by atoms with E-state index in [1.807, 2.05) is 25.1 Å². The van der Waals surface area contributed by atoms with Crippen molar-refractivity contribution in [3.05, 3.63) is 52.0 Å². The molecule has 5 nitrogen and oxygen atoms in total. The van der Waals surface area contributed by atoms with Crippen molar-refractivity contribution in [2.75, 3.05) is 13.1 Å². The van der Waals surface area contributed by atoms with Gasteiger partial charge in [0, 0.05) is 24.7 Å². The maximum absolute atomic E-state index is 12.6. The highest BCUT2D eigenvalue weighted by Crippen LogP contribution is 2.26. The summed E-state index contributed by atoms with van der Waals surface area (Å²) < 4.78 is 1.55. The Morgan fingerprint density at radius 3 is 2.90 bits per heavy atom. The molecule has 1 aliphatic heterocycles. The fraction of sp³-hybridized carbons (Fsp3) is 0.250. The Balaban J connectivity index is 2.36. The largest absolute Gasteiger partial charge is 0.506 e. The van der Waals surface area contributed by atoms with Gasteiger partial charge in [-0.2, -0.15) is 0 Å². The van der Waals surface area contributed by atoms with E-state index in [0.29, 0.717) is 23.2 Å². The highest BCUT2D eigenvalue weighted by molar-refractivity contribution is 6.13. The van der Waals surface area contributed by atoms with Crippen LogP contribution in [0.15, 0.2) is 45.8 Å². The van der Waals surface area contributed by atoms with Gasteiger partial charge in [-0.25, -0.2) is 0 Å². The van der Waals surface area contributed by atoms with Gasteiger partial charge in [0.25, 0.3) is 5.56 Å². The van der Waals surface area contributed by atoms with Gasteiger partial charge in [0.2, 0.25) is 0 Å². The van der Waals surface area contributed by atoms with E-state index in [2.05, 4.69) is 10.3 Å². The Bertz CT molecular complexity index is 831. The van der Waals surface area contributed by atoms with Crippen molar-refractivity contribution < 1.29 is 5.11 Å². The molecule has 5 heteroatoms. The van der Waals surface area contributed by atoms with E-state index in [-0.39, 0.29) is 16.9 Å². The van der Waals surface area contributed by atoms with Crippen LogP contribution in [-0.2, 0) is 7.05 Å². The number of nitrogens with zero attached hydrogens (tertiary/aromatic N) is 2. The van der Waals surface area contributed by atoms with Gasteiger partial charge in [0.15, 0.2) is 0 Å². The molecule has 2 N–H and O–H groups in total. The Morgan fingerprint density at radius 2 is 2.10 bits per heavy atom. The first-order chi connectivity index (χ1) is 10.1. The summed E-state index contributed by atoms with van der Waals surface area (Å²) in [5, 5.41) is 14.4. The third kappa shape index (κ3) is 2.20. The number of aromatic hydroxyl groups is 1. The van der Waals surface area contributed by atoms with Crippen molar-refractivity contribution >= 4 is 16.6 Å². The summed E-state index contributed by atoms with van der Waals surface area (Å²) >= 11 is 0. The summed E-state index contributed by atoms with van der Waals surface area (Å²) in [4.78, 5) is 17.0. The quantitative estimate of drug-likeness (QED) is 0.834. The maximum atomic E-state index is 12.6. The predicted octanol–water partition coefficient (Wildman–Crippen LogP) is 1.54. The van der Waals surface area contributed by atoms with Crippen molar-refractivity contribution in [3.63, 3.8) is 0 Å². The Kier molecular flexibility index (Phi) is 3.25. The molecule has 108 valence electrons. The molecular formula is C16H17N3O2. The van der Waals surface area contributed by atoms with Crippen molar-refractivity contribution in [1.82, 2.24) is 9.88 Å². The van der Waals surface area contributed by atoms with Crippen LogP contribution >= 0.6 is 0 Å². The molecule has 0 unspecified atom stereocenters. The van der Waals surface area contributed by atoms with Crippen molar-refractivity contribution in [2.45, 2.75) is 6.92 Å². The van der Waals surface area contributed by atoms with Crippen molar-refractivity contribution in [1.29, 1.82) is 0 Å². The topological polar surface area (TPSA) is 66.6 Å². The van der Waals surface area contributed by atoms with Crippen LogP contribution in [0.2, 0.25) is 0 Å². The minimum atomic E-state index is -0.240. The van der Waals surface area contributed by atoms with Crippen LogP contribution in [0, 0.1) is 0 Å². The van der Waals surface area contributed by atoms with E-state index in [9.17, 15) is 9.90 Å². The number of para-hydroxylation sites is 1. The SMILES string of the molecule is CC1=CC(c2c(O)c3ccccc3n(C)c2=O)=NCCN1. The molecule has 1 aliphatic rings. The van der Waals surface area contributed by atoms with Gasteiger partial charge in [-0.3, -0.25) is 9.79 Å². The molecule has 1 aromatic heterocycles. The zero-order chi connectivity index (χ0) is 15.0. The van der Waals surface area contributed by atoms with E-state index in [1.54, 1.807) is 23.8 Å². The maximum Gasteiger partial charge on any atom is 0.264 e. The third-order valence-electron chi connectivity index (χ3n) is 3.68. The monoisotopic (exact) mass is 283 g/mol. The van der Waals surface area contributed by atoms with E-state index >= 15 is 0 Å². The second-order valence-electron chi connectivity index (χ2n) is 5.13. The molecule has 0 saturated carbocycles. The van der Waals surface area contributed by atoms with E-state index < -0.39 is 0 Å². The molecule has 0 spiro atoms. The Morgan fingerprint density at radius 1 is 1.33 bits per heavy atom. The minimum absolute atomic E-state index is 0.00148. The number of aromatic nitrogens is 1. The molecular weight excluding hydrogens is 266 g/mol. The lowest BCUT2D eigenvalue weighted by Gasteiger charge is -2.11. The van der Waals surface area contributed by atoms with E-state index in [0.717, 1.165) is 12.2 Å². The van der Waals surface area contributed by atoms with E-state index in [4.69, 9.17) is 0 Å². The normalized spacial score (nSPS) is 15.1. The van der Waals surface area contributed by atoms with Crippen LogP contribution in [-0.4, -0.2) is 28.5 Å². The molecule has 0 atom stereocenters. The van der Waals surface area contributed by atoms with Gasteiger partial charge < -0.3 is 15.0 Å². The van der Waals surface area contributed by atoms with Crippen LogP contribution in [0.3, 0.4) is 0 Å². The predicted molar refractivity (Wildman–Crippen MR) is 84.0 cm³/mol. The number of fused-ring (bicyclic) bond motifs is 1. The first kappa shape index (κ1) is 13.4. The number of aryl methyl sites for hydroxylation is 1. The lowest BCUT2D eigenvalue weighted by Crippen LogP contribution is -2.24. The molecule has 21 heavy (non-hydrogen) atoms. The Labute approximate surface area is 122 Å². The van der Waals surface area contributed by atoms with Crippen LogP contribution in [0.25, 0.3) is 10.9 Å². The van der Waals surface area contributed by atoms with Gasteiger partial charge in [0.05, 0.1) is 17.8 Å². The van der Waals surface area contributed by atoms with Crippen LogP contribution in [0.4, 0.5) is 0 Å². The molecule has 0 aliphatic carbocycles. The second kappa shape index (κ2) is 5.09. The average Bonchev–Trinajstić information content (AvgIpc) is 2.70. The number of benzene rings is 1. The number of hydrogen-bond donors (Lipinski definition) is 2. The average molecular weight is 283 g/mol. The second-order valence-corrected chi connectivity index (χ2v) is 5.13. The highest BCUT2D eigenvalue weighted by Gasteiger charge is 2.18. The summed E-state index contributed by atoms with van der Waals surface area (Å²) in [6.45, 7) is 3.21. The summed E-state index contributed by atoms with van der Waals surface area (Å²) in [6.07, 6.45) is 1.80. The fourth-order valence-electron chi connectivity index (χ4n) is 2.59. The number of aliphatic imine (C=N–C) groups is 1. The standard InChI is InChI=1S/C16H17N3O2/c1-10-9-12(18-8-7-17-10)14-15(20)11-5-3-4-6-13(11)19(2)16(14)21/h3-6,9,17,20H,7-8H2,1-2H3. The van der Waals surface area contributed by atoms with Gasteiger partial charge in [-0.1, -0.05) is 12.1 Å². The Hall–Kier alpha value is -2.56. The highest BCUT2D eigenvalue weighted by atomic mass is 16.3. The number of rotatable bonds is 1. The molecule has 0 bridgehead atoms. The van der Waals surface area contributed by atoms with Gasteiger partial charge in [0.1, 0.15) is 11.3 Å². The van der Waals surface area contributed by atoms with Gasteiger partial charge >= 0.3 is 0 Å². The lowest BCUT2D eigenvalue weighted by molar-refractivity contribution is 0.478. The molecule has 1 aromatic carbocycles. The first-order valence-corrected chi connectivity index (χ1v) is 6.87. The molecule has 0 radical (unpaired) electrons. The van der Waals surface area contributed by atoms with Crippen molar-refractivity contribution in [2.24, 2.45) is 12.0 Å². The van der Waals surface area contributed by atoms with Gasteiger partial charge in [-0.05, 0) is 25.1 Å². The van der Waals surface area contributed by atoms with Crippen LogP contribution in [0.5, 0.6) is 5.75 Å². The van der Waals surface area contributed by atoms with Crippen LogP contribution in [0.1, 0.15) is 12.5 Å². The molecule has 0 fully saturated rings. The lowest BCUT2D eigenvalue weighted by atomic mass is 10.1.